The predicted molar refractivity (Wildman–Crippen MR) is 105 cm³/mol. The van der Waals surface area contributed by atoms with Crippen LogP contribution in [0, 0.1) is 11.6 Å². The number of carbonyl (C=O) groups excluding carboxylic acids is 1. The number of halogens is 3. The molecular formula is C22H15ClF2N2O2. The fourth-order valence-corrected chi connectivity index (χ4v) is 3.16. The molecule has 0 aliphatic carbocycles. The van der Waals surface area contributed by atoms with Crippen molar-refractivity contribution in [1.82, 2.24) is 9.88 Å². The second-order valence-electron chi connectivity index (χ2n) is 6.50. The summed E-state index contributed by atoms with van der Waals surface area (Å²) in [5, 5.41) is 0.524. The van der Waals surface area contributed by atoms with Crippen LogP contribution in [-0.4, -0.2) is 15.8 Å². The van der Waals surface area contributed by atoms with E-state index in [9.17, 15) is 13.6 Å². The first-order chi connectivity index (χ1) is 14.0. The molecule has 0 saturated carbocycles. The summed E-state index contributed by atoms with van der Waals surface area (Å²) in [5.41, 5.74) is 2.04. The Morgan fingerprint density at radius 1 is 0.966 bits per heavy atom. The Kier molecular flexibility index (Phi) is 5.27. The zero-order chi connectivity index (χ0) is 20.4. The minimum Gasteiger partial charge on any atom is -0.439 e. The Morgan fingerprint density at radius 2 is 1.76 bits per heavy atom. The average molecular weight is 413 g/mol. The number of hydrogen-bond acceptors (Lipinski definition) is 3. The summed E-state index contributed by atoms with van der Waals surface area (Å²) < 4.78 is 32.6. The van der Waals surface area contributed by atoms with Gasteiger partial charge < -0.3 is 9.32 Å². The van der Waals surface area contributed by atoms with Crippen LogP contribution in [0.1, 0.15) is 21.8 Å². The average Bonchev–Trinajstić information content (AvgIpc) is 3.11. The van der Waals surface area contributed by atoms with E-state index in [0.717, 1.165) is 17.7 Å². The molecule has 7 heteroatoms. The first-order valence-electron chi connectivity index (χ1n) is 8.83. The summed E-state index contributed by atoms with van der Waals surface area (Å²) in [4.78, 5) is 18.9. The molecule has 4 nitrogen and oxygen atoms in total. The van der Waals surface area contributed by atoms with Crippen LogP contribution in [0.2, 0.25) is 5.02 Å². The molecule has 0 fully saturated rings. The van der Waals surface area contributed by atoms with E-state index in [4.69, 9.17) is 16.0 Å². The lowest BCUT2D eigenvalue weighted by molar-refractivity contribution is 0.0714. The summed E-state index contributed by atoms with van der Waals surface area (Å²) in [6, 6.07) is 17.5. The van der Waals surface area contributed by atoms with Crippen LogP contribution < -0.4 is 0 Å². The van der Waals surface area contributed by atoms with Gasteiger partial charge in [-0.25, -0.2) is 13.8 Å². The Labute approximate surface area is 170 Å². The highest BCUT2D eigenvalue weighted by atomic mass is 35.5. The number of rotatable bonds is 5. The summed E-state index contributed by atoms with van der Waals surface area (Å²) in [6.45, 7) is 0.303. The molecule has 4 rings (SSSR count). The van der Waals surface area contributed by atoms with Gasteiger partial charge in [-0.15, -0.1) is 0 Å². The second-order valence-corrected chi connectivity index (χ2v) is 6.93. The molecule has 0 atom stereocenters. The highest BCUT2D eigenvalue weighted by Gasteiger charge is 2.21. The van der Waals surface area contributed by atoms with Gasteiger partial charge in [0, 0.05) is 17.1 Å². The number of fused-ring (bicyclic) bond motifs is 1. The van der Waals surface area contributed by atoms with Crippen LogP contribution in [0.25, 0.3) is 11.1 Å². The summed E-state index contributed by atoms with van der Waals surface area (Å²) in [5.74, 6) is -2.24. The molecule has 0 radical (unpaired) electrons. The third-order valence-electron chi connectivity index (χ3n) is 4.39. The monoisotopic (exact) mass is 412 g/mol. The van der Waals surface area contributed by atoms with E-state index in [-0.39, 0.29) is 18.7 Å². The van der Waals surface area contributed by atoms with Gasteiger partial charge in [-0.05, 0) is 42.0 Å². The molecule has 0 saturated heterocycles. The number of nitrogens with zero attached hydrogens (tertiary/aromatic N) is 2. The summed E-state index contributed by atoms with van der Waals surface area (Å²) in [6.07, 6.45) is 0. The van der Waals surface area contributed by atoms with Crippen LogP contribution in [0.15, 0.2) is 71.1 Å². The molecule has 0 bridgehead atoms. The van der Waals surface area contributed by atoms with Gasteiger partial charge in [-0.2, -0.15) is 0 Å². The maximum atomic E-state index is 13.6. The molecule has 146 valence electrons. The van der Waals surface area contributed by atoms with Gasteiger partial charge in [0.25, 0.3) is 5.91 Å². The van der Waals surface area contributed by atoms with Crippen LogP contribution in [0.4, 0.5) is 8.78 Å². The highest BCUT2D eigenvalue weighted by Crippen LogP contribution is 2.22. The van der Waals surface area contributed by atoms with Crippen LogP contribution in [-0.2, 0) is 13.1 Å². The number of benzene rings is 3. The standard InChI is InChI=1S/C22H15ClF2N2O2/c23-16-7-9-20-19(11-16)26-21(29-20)13-27(12-14-4-2-1-3-5-14)22(28)15-6-8-17(24)18(25)10-15/h1-11H,12-13H2. The van der Waals surface area contributed by atoms with E-state index in [1.165, 1.54) is 11.0 Å². The van der Waals surface area contributed by atoms with Crippen molar-refractivity contribution < 1.29 is 18.0 Å². The molecule has 0 unspecified atom stereocenters. The largest absolute Gasteiger partial charge is 0.439 e. The Morgan fingerprint density at radius 3 is 2.52 bits per heavy atom. The fraction of sp³-hybridized carbons (Fsp3) is 0.0909. The number of amides is 1. The molecule has 29 heavy (non-hydrogen) atoms. The minimum absolute atomic E-state index is 0.0407. The summed E-state index contributed by atoms with van der Waals surface area (Å²) >= 11 is 5.99. The minimum atomic E-state index is -1.08. The van der Waals surface area contributed by atoms with E-state index in [1.807, 2.05) is 30.3 Å². The van der Waals surface area contributed by atoms with E-state index in [0.29, 0.717) is 22.0 Å². The SMILES string of the molecule is O=C(c1ccc(F)c(F)c1)N(Cc1ccccc1)Cc1nc2cc(Cl)ccc2o1. The van der Waals surface area contributed by atoms with Crippen molar-refractivity contribution in [3.8, 4) is 0 Å². The van der Waals surface area contributed by atoms with Gasteiger partial charge in [-0.3, -0.25) is 4.79 Å². The Bertz CT molecular complexity index is 1180. The first kappa shape index (κ1) is 19.1. The number of aromatic nitrogens is 1. The molecule has 1 amide bonds. The smallest absolute Gasteiger partial charge is 0.254 e. The molecule has 0 aliphatic heterocycles. The lowest BCUT2D eigenvalue weighted by Crippen LogP contribution is -2.30. The zero-order valence-corrected chi connectivity index (χ0v) is 15.9. The normalized spacial score (nSPS) is 11.0. The predicted octanol–water partition coefficient (Wildman–Crippen LogP) is 5.60. The van der Waals surface area contributed by atoms with Crippen molar-refractivity contribution in [2.45, 2.75) is 13.1 Å². The van der Waals surface area contributed by atoms with Crippen molar-refractivity contribution >= 4 is 28.6 Å². The molecule has 0 spiro atoms. The van der Waals surface area contributed by atoms with Crippen LogP contribution >= 0.6 is 11.6 Å². The van der Waals surface area contributed by atoms with E-state index in [1.54, 1.807) is 18.2 Å². The molecule has 3 aromatic carbocycles. The van der Waals surface area contributed by atoms with Crippen molar-refractivity contribution in [2.24, 2.45) is 0 Å². The van der Waals surface area contributed by atoms with Crippen molar-refractivity contribution in [3.63, 3.8) is 0 Å². The summed E-state index contributed by atoms with van der Waals surface area (Å²) in [7, 11) is 0. The number of carbonyl (C=O) groups is 1. The molecule has 4 aromatic rings. The lowest BCUT2D eigenvalue weighted by atomic mass is 10.1. The van der Waals surface area contributed by atoms with E-state index >= 15 is 0 Å². The quantitative estimate of drug-likeness (QED) is 0.428. The molecule has 1 aromatic heterocycles. The van der Waals surface area contributed by atoms with Gasteiger partial charge in [0.15, 0.2) is 17.2 Å². The molecule has 0 N–H and O–H groups in total. The van der Waals surface area contributed by atoms with Gasteiger partial charge in [0.1, 0.15) is 5.52 Å². The van der Waals surface area contributed by atoms with Gasteiger partial charge in [0.05, 0.1) is 6.54 Å². The highest BCUT2D eigenvalue weighted by molar-refractivity contribution is 6.31. The Balaban J connectivity index is 1.66. The number of oxazole rings is 1. The van der Waals surface area contributed by atoms with Crippen LogP contribution in [0.3, 0.4) is 0 Å². The first-order valence-corrected chi connectivity index (χ1v) is 9.20. The van der Waals surface area contributed by atoms with Gasteiger partial charge in [-0.1, -0.05) is 41.9 Å². The molecule has 1 heterocycles. The van der Waals surface area contributed by atoms with E-state index in [2.05, 4.69) is 4.98 Å². The van der Waals surface area contributed by atoms with Crippen molar-refractivity contribution in [3.05, 3.63) is 100 Å². The third kappa shape index (κ3) is 4.27. The zero-order valence-electron chi connectivity index (χ0n) is 15.1. The third-order valence-corrected chi connectivity index (χ3v) is 4.63. The number of hydrogen-bond donors (Lipinski definition) is 0. The lowest BCUT2D eigenvalue weighted by Gasteiger charge is -2.21. The van der Waals surface area contributed by atoms with Crippen LogP contribution in [0.5, 0.6) is 0 Å². The fourth-order valence-electron chi connectivity index (χ4n) is 2.99. The van der Waals surface area contributed by atoms with Crippen molar-refractivity contribution in [1.29, 1.82) is 0 Å². The topological polar surface area (TPSA) is 46.3 Å². The second kappa shape index (κ2) is 8.01. The molecular weight excluding hydrogens is 398 g/mol. The maximum Gasteiger partial charge on any atom is 0.254 e. The van der Waals surface area contributed by atoms with Crippen molar-refractivity contribution in [2.75, 3.05) is 0 Å². The van der Waals surface area contributed by atoms with Gasteiger partial charge >= 0.3 is 0 Å². The van der Waals surface area contributed by atoms with E-state index < -0.39 is 17.5 Å². The molecule has 0 aliphatic rings. The Hall–Kier alpha value is -3.25. The van der Waals surface area contributed by atoms with Gasteiger partial charge in [0.2, 0.25) is 5.89 Å². The maximum absolute atomic E-state index is 13.6.